The number of nitrogens with zero attached hydrogens (tertiary/aromatic N) is 2. The lowest BCUT2D eigenvalue weighted by molar-refractivity contribution is 0.0671. The van der Waals surface area contributed by atoms with E-state index in [1.807, 2.05) is 0 Å². The average Bonchev–Trinajstić information content (AvgIpc) is 2.97. The monoisotopic (exact) mass is 268 g/mol. The van der Waals surface area contributed by atoms with Crippen molar-refractivity contribution in [2.24, 2.45) is 0 Å². The molecule has 6 nitrogen and oxygen atoms in total. The second-order valence-electron chi connectivity index (χ2n) is 4.99. The molecule has 0 aliphatic carbocycles. The van der Waals surface area contributed by atoms with Crippen LogP contribution in [-0.2, 0) is 11.3 Å². The zero-order valence-electron chi connectivity index (χ0n) is 11.3. The summed E-state index contributed by atoms with van der Waals surface area (Å²) in [6.45, 7) is 2.76. The van der Waals surface area contributed by atoms with E-state index in [-0.39, 0.29) is 11.9 Å². The SMILES string of the molecule is COCc1cc(C(=O)N2CCCC2CC(C)O)no1. The first-order valence-corrected chi connectivity index (χ1v) is 6.55. The van der Waals surface area contributed by atoms with E-state index in [1.54, 1.807) is 25.0 Å². The van der Waals surface area contributed by atoms with Crippen molar-refractivity contribution in [3.63, 3.8) is 0 Å². The van der Waals surface area contributed by atoms with Crippen LogP contribution in [-0.4, -0.2) is 46.9 Å². The molecule has 1 saturated heterocycles. The van der Waals surface area contributed by atoms with Gasteiger partial charge < -0.3 is 19.3 Å². The number of aliphatic hydroxyl groups is 1. The molecule has 0 aromatic carbocycles. The number of aliphatic hydroxyl groups excluding tert-OH is 1. The van der Waals surface area contributed by atoms with Gasteiger partial charge in [0.2, 0.25) is 0 Å². The number of hydrogen-bond donors (Lipinski definition) is 1. The number of aromatic nitrogens is 1. The average molecular weight is 268 g/mol. The maximum Gasteiger partial charge on any atom is 0.276 e. The summed E-state index contributed by atoms with van der Waals surface area (Å²) in [6, 6.07) is 1.71. The van der Waals surface area contributed by atoms with Crippen LogP contribution >= 0.6 is 0 Å². The summed E-state index contributed by atoms with van der Waals surface area (Å²) < 4.78 is 9.96. The summed E-state index contributed by atoms with van der Waals surface area (Å²) in [5.74, 6) is 0.409. The molecular formula is C13H20N2O4. The van der Waals surface area contributed by atoms with Crippen LogP contribution in [0.2, 0.25) is 0 Å². The van der Waals surface area contributed by atoms with Crippen LogP contribution in [0.5, 0.6) is 0 Å². The van der Waals surface area contributed by atoms with Gasteiger partial charge in [-0.05, 0) is 26.2 Å². The number of hydrogen-bond acceptors (Lipinski definition) is 5. The molecule has 1 N–H and O–H groups in total. The number of ether oxygens (including phenoxy) is 1. The maximum absolute atomic E-state index is 12.3. The molecule has 1 amide bonds. The molecule has 0 bridgehead atoms. The van der Waals surface area contributed by atoms with Gasteiger partial charge in [0.05, 0.1) is 6.10 Å². The highest BCUT2D eigenvalue weighted by Gasteiger charge is 2.31. The van der Waals surface area contributed by atoms with E-state index in [2.05, 4.69) is 5.16 Å². The Labute approximate surface area is 112 Å². The zero-order chi connectivity index (χ0) is 13.8. The van der Waals surface area contributed by atoms with Crippen LogP contribution in [0.1, 0.15) is 42.4 Å². The standard InChI is InChI=1S/C13H20N2O4/c1-9(16)6-10-4-3-5-15(10)13(17)12-7-11(8-18-2)19-14-12/h7,9-10,16H,3-6,8H2,1-2H3. The first-order valence-electron chi connectivity index (χ1n) is 6.55. The van der Waals surface area contributed by atoms with Gasteiger partial charge in [-0.3, -0.25) is 4.79 Å². The number of likely N-dealkylation sites (tertiary alicyclic amines) is 1. The Morgan fingerprint density at radius 1 is 1.74 bits per heavy atom. The Kier molecular flexibility index (Phi) is 4.55. The second-order valence-corrected chi connectivity index (χ2v) is 4.99. The van der Waals surface area contributed by atoms with Crippen molar-refractivity contribution in [2.45, 2.75) is 44.9 Å². The predicted octanol–water partition coefficient (Wildman–Crippen LogP) is 1.20. The van der Waals surface area contributed by atoms with E-state index >= 15 is 0 Å². The number of carbonyl (C=O) groups is 1. The Morgan fingerprint density at radius 3 is 3.21 bits per heavy atom. The second kappa shape index (κ2) is 6.16. The largest absolute Gasteiger partial charge is 0.393 e. The molecule has 1 aliphatic heterocycles. The van der Waals surface area contributed by atoms with Crippen molar-refractivity contribution in [3.8, 4) is 0 Å². The molecule has 106 valence electrons. The Bertz CT molecular complexity index is 430. The summed E-state index contributed by atoms with van der Waals surface area (Å²) in [5, 5.41) is 13.3. The molecule has 0 saturated carbocycles. The van der Waals surface area contributed by atoms with Gasteiger partial charge in [0.25, 0.3) is 5.91 Å². The van der Waals surface area contributed by atoms with Gasteiger partial charge in [-0.1, -0.05) is 5.16 Å². The van der Waals surface area contributed by atoms with E-state index in [0.717, 1.165) is 12.8 Å². The summed E-state index contributed by atoms with van der Waals surface area (Å²) in [4.78, 5) is 14.1. The molecule has 0 spiro atoms. The highest BCUT2D eigenvalue weighted by atomic mass is 16.5. The van der Waals surface area contributed by atoms with Crippen LogP contribution in [0.3, 0.4) is 0 Å². The summed E-state index contributed by atoms with van der Waals surface area (Å²) in [5.41, 5.74) is 0.310. The molecule has 6 heteroatoms. The number of methoxy groups -OCH3 is 1. The minimum atomic E-state index is -0.403. The molecule has 2 heterocycles. The minimum Gasteiger partial charge on any atom is -0.393 e. The molecule has 1 aromatic heterocycles. The lowest BCUT2D eigenvalue weighted by Gasteiger charge is -2.24. The van der Waals surface area contributed by atoms with Crippen LogP contribution in [0.15, 0.2) is 10.6 Å². The van der Waals surface area contributed by atoms with Gasteiger partial charge in [0, 0.05) is 25.8 Å². The van der Waals surface area contributed by atoms with Crippen LogP contribution in [0.25, 0.3) is 0 Å². The zero-order valence-corrected chi connectivity index (χ0v) is 11.3. The van der Waals surface area contributed by atoms with Crippen molar-refractivity contribution >= 4 is 5.91 Å². The molecule has 19 heavy (non-hydrogen) atoms. The summed E-state index contributed by atoms with van der Waals surface area (Å²) >= 11 is 0. The third-order valence-electron chi connectivity index (χ3n) is 3.32. The van der Waals surface area contributed by atoms with E-state index in [4.69, 9.17) is 9.26 Å². The first-order chi connectivity index (χ1) is 9.11. The lowest BCUT2D eigenvalue weighted by Crippen LogP contribution is -2.37. The first kappa shape index (κ1) is 14.0. The Hall–Kier alpha value is -1.40. The van der Waals surface area contributed by atoms with Crippen LogP contribution in [0, 0.1) is 0 Å². The van der Waals surface area contributed by atoms with Gasteiger partial charge >= 0.3 is 0 Å². The van der Waals surface area contributed by atoms with Gasteiger partial charge in [0.1, 0.15) is 6.61 Å². The Morgan fingerprint density at radius 2 is 2.53 bits per heavy atom. The maximum atomic E-state index is 12.3. The van der Waals surface area contributed by atoms with Gasteiger partial charge in [0.15, 0.2) is 11.5 Å². The molecule has 2 unspecified atom stereocenters. The van der Waals surface area contributed by atoms with Crippen molar-refractivity contribution in [3.05, 3.63) is 17.5 Å². The minimum absolute atomic E-state index is 0.0927. The Balaban J connectivity index is 2.04. The fourth-order valence-corrected chi connectivity index (χ4v) is 2.51. The van der Waals surface area contributed by atoms with E-state index in [0.29, 0.717) is 31.0 Å². The molecule has 1 aliphatic rings. The third kappa shape index (κ3) is 3.33. The van der Waals surface area contributed by atoms with E-state index in [9.17, 15) is 9.90 Å². The number of carbonyl (C=O) groups excluding carboxylic acids is 1. The smallest absolute Gasteiger partial charge is 0.276 e. The number of rotatable bonds is 5. The molecule has 1 aromatic rings. The molecule has 1 fully saturated rings. The quantitative estimate of drug-likeness (QED) is 0.868. The van der Waals surface area contributed by atoms with Gasteiger partial charge in [-0.15, -0.1) is 0 Å². The molecule has 2 rings (SSSR count). The highest BCUT2D eigenvalue weighted by Crippen LogP contribution is 2.23. The van der Waals surface area contributed by atoms with Crippen LogP contribution < -0.4 is 0 Å². The fourth-order valence-electron chi connectivity index (χ4n) is 2.51. The van der Waals surface area contributed by atoms with Crippen molar-refractivity contribution in [1.82, 2.24) is 10.1 Å². The predicted molar refractivity (Wildman–Crippen MR) is 67.6 cm³/mol. The summed E-state index contributed by atoms with van der Waals surface area (Å²) in [6.07, 6.45) is 2.10. The van der Waals surface area contributed by atoms with E-state index in [1.165, 1.54) is 0 Å². The number of amides is 1. The van der Waals surface area contributed by atoms with E-state index < -0.39 is 6.10 Å². The molecule has 2 atom stereocenters. The normalized spacial score (nSPS) is 20.8. The van der Waals surface area contributed by atoms with Crippen molar-refractivity contribution in [2.75, 3.05) is 13.7 Å². The molecule has 0 radical (unpaired) electrons. The fraction of sp³-hybridized carbons (Fsp3) is 0.692. The van der Waals surface area contributed by atoms with Crippen LogP contribution in [0.4, 0.5) is 0 Å². The third-order valence-corrected chi connectivity index (χ3v) is 3.32. The topological polar surface area (TPSA) is 75.8 Å². The molecular weight excluding hydrogens is 248 g/mol. The highest BCUT2D eigenvalue weighted by molar-refractivity contribution is 5.92. The van der Waals surface area contributed by atoms with Crippen molar-refractivity contribution in [1.29, 1.82) is 0 Å². The summed E-state index contributed by atoms with van der Waals surface area (Å²) in [7, 11) is 1.56. The van der Waals surface area contributed by atoms with Gasteiger partial charge in [-0.25, -0.2) is 0 Å². The van der Waals surface area contributed by atoms with Gasteiger partial charge in [-0.2, -0.15) is 0 Å². The lowest BCUT2D eigenvalue weighted by atomic mass is 10.1. The van der Waals surface area contributed by atoms with Crippen molar-refractivity contribution < 1.29 is 19.2 Å².